The van der Waals surface area contributed by atoms with E-state index in [0.29, 0.717) is 7.92 Å². The highest BCUT2D eigenvalue weighted by Gasteiger charge is 2.03. The summed E-state index contributed by atoms with van der Waals surface area (Å²) in [5, 5.41) is 0. The van der Waals surface area contributed by atoms with Gasteiger partial charge < -0.3 is 0 Å². The van der Waals surface area contributed by atoms with Crippen LogP contribution in [0.4, 0.5) is 0 Å². The van der Waals surface area contributed by atoms with Crippen molar-refractivity contribution in [3.05, 3.63) is 0 Å². The minimum atomic E-state index is 0.433. The van der Waals surface area contributed by atoms with Crippen molar-refractivity contribution in [1.82, 2.24) is 0 Å². The molecule has 0 bridgehead atoms. The molecule has 0 fully saturated rings. The van der Waals surface area contributed by atoms with Gasteiger partial charge in [0.1, 0.15) is 0 Å². The van der Waals surface area contributed by atoms with Crippen molar-refractivity contribution in [3.8, 4) is 0 Å². The first-order chi connectivity index (χ1) is 5.35. The van der Waals surface area contributed by atoms with Crippen molar-refractivity contribution >= 4 is 7.92 Å². The Morgan fingerprint density at radius 3 is 1.64 bits per heavy atom. The predicted octanol–water partition coefficient (Wildman–Crippen LogP) is 4.09. The molecular weight excluding hydrogens is 151 g/mol. The van der Waals surface area contributed by atoms with E-state index >= 15 is 0 Å². The van der Waals surface area contributed by atoms with Crippen LogP contribution in [-0.4, -0.2) is 18.5 Å². The summed E-state index contributed by atoms with van der Waals surface area (Å²) >= 11 is 0. The molecule has 0 aromatic rings. The Morgan fingerprint density at radius 1 is 0.727 bits per heavy atom. The molecule has 68 valence electrons. The van der Waals surface area contributed by atoms with Gasteiger partial charge in [-0.15, -0.1) is 7.92 Å². The van der Waals surface area contributed by atoms with E-state index in [9.17, 15) is 0 Å². The van der Waals surface area contributed by atoms with Gasteiger partial charge in [0, 0.05) is 0 Å². The average molecular weight is 174 g/mol. The molecule has 0 rings (SSSR count). The summed E-state index contributed by atoms with van der Waals surface area (Å²) < 4.78 is 0. The van der Waals surface area contributed by atoms with Crippen LogP contribution in [0.2, 0.25) is 0 Å². The largest absolute Gasteiger partial charge is 0.107 e. The van der Waals surface area contributed by atoms with Gasteiger partial charge in [-0.05, 0) is 24.9 Å². The van der Waals surface area contributed by atoms with E-state index in [4.69, 9.17) is 0 Å². The normalized spacial score (nSPS) is 10.9. The highest BCUT2D eigenvalue weighted by molar-refractivity contribution is 7.57. The van der Waals surface area contributed by atoms with Gasteiger partial charge in [0.05, 0.1) is 0 Å². The molecule has 0 aromatic heterocycles. The number of hydrogen-bond donors (Lipinski definition) is 0. The molecule has 0 nitrogen and oxygen atoms in total. The minimum Gasteiger partial charge on any atom is -0.107 e. The van der Waals surface area contributed by atoms with Crippen LogP contribution in [0.3, 0.4) is 0 Å². The number of rotatable bonds is 7. The molecule has 0 unspecified atom stereocenters. The van der Waals surface area contributed by atoms with E-state index < -0.39 is 0 Å². The van der Waals surface area contributed by atoms with Crippen LogP contribution in [0, 0.1) is 0 Å². The van der Waals surface area contributed by atoms with Crippen LogP contribution < -0.4 is 0 Å². The highest BCUT2D eigenvalue weighted by atomic mass is 31.1. The summed E-state index contributed by atoms with van der Waals surface area (Å²) in [5.74, 6) is 0. The lowest BCUT2D eigenvalue weighted by Crippen LogP contribution is -1.93. The van der Waals surface area contributed by atoms with Crippen molar-refractivity contribution in [1.29, 1.82) is 0 Å². The summed E-state index contributed by atoms with van der Waals surface area (Å²) in [6.45, 7) is 6.93. The van der Waals surface area contributed by atoms with Gasteiger partial charge >= 0.3 is 0 Å². The third-order valence-electron chi connectivity index (χ3n) is 1.91. The van der Waals surface area contributed by atoms with Gasteiger partial charge in [0.25, 0.3) is 0 Å². The minimum absolute atomic E-state index is 0.433. The Morgan fingerprint density at radius 2 is 1.27 bits per heavy atom. The first-order valence-electron chi connectivity index (χ1n) is 5.07. The molecular formula is C10H23P. The molecule has 0 spiro atoms. The van der Waals surface area contributed by atoms with Gasteiger partial charge in [-0.25, -0.2) is 0 Å². The van der Waals surface area contributed by atoms with Crippen LogP contribution >= 0.6 is 7.92 Å². The van der Waals surface area contributed by atoms with E-state index in [2.05, 4.69) is 20.8 Å². The van der Waals surface area contributed by atoms with E-state index in [1.54, 1.807) is 0 Å². The highest BCUT2D eigenvalue weighted by Crippen LogP contribution is 2.37. The smallest absolute Gasteiger partial charge is 0.0326 e. The Labute approximate surface area is 73.5 Å². The van der Waals surface area contributed by atoms with Gasteiger partial charge in [-0.1, -0.05) is 40.0 Å². The van der Waals surface area contributed by atoms with E-state index in [0.717, 1.165) is 0 Å². The van der Waals surface area contributed by atoms with Crippen LogP contribution in [0.5, 0.6) is 0 Å². The molecule has 0 aliphatic rings. The van der Waals surface area contributed by atoms with Crippen molar-refractivity contribution < 1.29 is 0 Å². The summed E-state index contributed by atoms with van der Waals surface area (Å²) in [5.41, 5.74) is 0. The number of hydrogen-bond acceptors (Lipinski definition) is 0. The molecule has 0 heterocycles. The fraction of sp³-hybridized carbons (Fsp3) is 1.00. The Bertz CT molecular complexity index is 65.3. The maximum atomic E-state index is 2.32. The average Bonchev–Trinajstić information content (AvgIpc) is 2.01. The van der Waals surface area contributed by atoms with Gasteiger partial charge in [-0.2, -0.15) is 0 Å². The fourth-order valence-corrected chi connectivity index (χ4v) is 4.05. The molecule has 0 saturated carbocycles. The summed E-state index contributed by atoms with van der Waals surface area (Å²) in [6, 6.07) is 0. The van der Waals surface area contributed by atoms with Crippen molar-refractivity contribution in [2.24, 2.45) is 0 Å². The molecule has 1 heteroatoms. The summed E-state index contributed by atoms with van der Waals surface area (Å²) in [7, 11) is 0.433. The van der Waals surface area contributed by atoms with Crippen LogP contribution in [0.25, 0.3) is 0 Å². The van der Waals surface area contributed by atoms with Crippen LogP contribution in [0.1, 0.15) is 46.5 Å². The lowest BCUT2D eigenvalue weighted by Gasteiger charge is -2.14. The zero-order valence-corrected chi connectivity index (χ0v) is 9.29. The molecule has 0 radical (unpaired) electrons. The first-order valence-corrected chi connectivity index (χ1v) is 6.97. The third-order valence-corrected chi connectivity index (χ3v) is 5.02. The molecule has 0 N–H and O–H groups in total. The number of unbranched alkanes of at least 4 members (excludes halogenated alkanes) is 1. The van der Waals surface area contributed by atoms with E-state index in [-0.39, 0.29) is 0 Å². The van der Waals surface area contributed by atoms with Crippen LogP contribution in [0.15, 0.2) is 0 Å². The maximum absolute atomic E-state index is 2.32. The maximum Gasteiger partial charge on any atom is -0.0326 e. The second-order valence-electron chi connectivity index (χ2n) is 3.20. The van der Waals surface area contributed by atoms with E-state index in [1.807, 2.05) is 0 Å². The zero-order valence-electron chi connectivity index (χ0n) is 8.40. The Hall–Kier alpha value is 0.430. The Kier molecular flexibility index (Phi) is 8.86. The quantitative estimate of drug-likeness (QED) is 0.510. The van der Waals surface area contributed by atoms with Crippen molar-refractivity contribution in [3.63, 3.8) is 0 Å². The predicted molar refractivity (Wildman–Crippen MR) is 57.0 cm³/mol. The van der Waals surface area contributed by atoms with Crippen LogP contribution in [-0.2, 0) is 0 Å². The SMILES string of the molecule is CCCCP(CCC)CCC. The summed E-state index contributed by atoms with van der Waals surface area (Å²) in [6.07, 6.45) is 10.2. The summed E-state index contributed by atoms with van der Waals surface area (Å²) in [4.78, 5) is 0. The molecule has 0 aliphatic heterocycles. The van der Waals surface area contributed by atoms with Crippen molar-refractivity contribution in [2.45, 2.75) is 46.5 Å². The second-order valence-corrected chi connectivity index (χ2v) is 5.88. The third kappa shape index (κ3) is 6.81. The van der Waals surface area contributed by atoms with Gasteiger partial charge in [0.2, 0.25) is 0 Å². The lowest BCUT2D eigenvalue weighted by atomic mass is 10.4. The fourth-order valence-electron chi connectivity index (χ4n) is 1.35. The standard InChI is InChI=1S/C10H23P/c1-4-7-10-11(8-5-2)9-6-3/h4-10H2,1-3H3. The lowest BCUT2D eigenvalue weighted by molar-refractivity contribution is 0.883. The second kappa shape index (κ2) is 8.53. The molecule has 0 amide bonds. The van der Waals surface area contributed by atoms with Gasteiger partial charge in [-0.3, -0.25) is 0 Å². The van der Waals surface area contributed by atoms with E-state index in [1.165, 1.54) is 44.2 Å². The van der Waals surface area contributed by atoms with Crippen molar-refractivity contribution in [2.75, 3.05) is 18.5 Å². The molecule has 11 heavy (non-hydrogen) atoms. The molecule has 0 aromatic carbocycles. The Balaban J connectivity index is 3.34. The molecule has 0 saturated heterocycles. The topological polar surface area (TPSA) is 0 Å². The first kappa shape index (κ1) is 11.4. The van der Waals surface area contributed by atoms with Gasteiger partial charge in [0.15, 0.2) is 0 Å². The zero-order chi connectivity index (χ0) is 8.53. The molecule has 0 atom stereocenters. The monoisotopic (exact) mass is 174 g/mol. The molecule has 0 aliphatic carbocycles.